The van der Waals surface area contributed by atoms with Crippen LogP contribution in [0.25, 0.3) is 99.6 Å². The number of furan rings is 2. The van der Waals surface area contributed by atoms with Gasteiger partial charge in [0.05, 0.1) is 5.02 Å². The molecular weight excluding hydrogens is 602 g/mol. The largest absolute Gasteiger partial charge is 0.456 e. The predicted octanol–water partition coefficient (Wildman–Crippen LogP) is 11.6. The third-order valence-electron chi connectivity index (χ3n) is 9.00. The summed E-state index contributed by atoms with van der Waals surface area (Å²) in [7, 11) is 0. The van der Waals surface area contributed by atoms with Crippen LogP contribution in [0, 0.1) is 0 Å². The second-order valence-corrected chi connectivity index (χ2v) is 12.1. The van der Waals surface area contributed by atoms with Gasteiger partial charge in [0.1, 0.15) is 22.3 Å². The lowest BCUT2D eigenvalue weighted by Crippen LogP contribution is -2.01. The lowest BCUT2D eigenvalue weighted by atomic mass is 10.0. The molecule has 7 aromatic carbocycles. The fourth-order valence-electron chi connectivity index (χ4n) is 6.81. The molecule has 10 aromatic rings. The van der Waals surface area contributed by atoms with Gasteiger partial charge in [0.25, 0.3) is 0 Å². The summed E-state index contributed by atoms with van der Waals surface area (Å²) in [5.41, 5.74) is 5.55. The van der Waals surface area contributed by atoms with Gasteiger partial charge in [0.2, 0.25) is 0 Å². The number of nitrogens with zero attached hydrogens (tertiary/aromatic N) is 3. The van der Waals surface area contributed by atoms with E-state index in [1.807, 2.05) is 84.9 Å². The van der Waals surface area contributed by atoms with Crippen LogP contribution in [0.15, 0.2) is 142 Å². The van der Waals surface area contributed by atoms with Gasteiger partial charge >= 0.3 is 0 Å². The molecule has 0 radical (unpaired) electrons. The van der Waals surface area contributed by atoms with Crippen molar-refractivity contribution in [1.29, 1.82) is 0 Å². The van der Waals surface area contributed by atoms with E-state index in [-0.39, 0.29) is 0 Å². The van der Waals surface area contributed by atoms with E-state index in [4.69, 9.17) is 35.4 Å². The number of rotatable bonds is 3. The Morgan fingerprint density at radius 3 is 1.87 bits per heavy atom. The molecule has 0 saturated carbocycles. The highest BCUT2D eigenvalue weighted by atomic mass is 35.5. The lowest BCUT2D eigenvalue weighted by Gasteiger charge is -2.11. The Hall–Kier alpha value is -6.04. The van der Waals surface area contributed by atoms with Crippen molar-refractivity contribution in [3.8, 4) is 34.2 Å². The molecule has 3 heterocycles. The van der Waals surface area contributed by atoms with Crippen LogP contribution in [0.5, 0.6) is 0 Å². The minimum atomic E-state index is 0.458. The molecule has 0 aliphatic carbocycles. The molecule has 0 saturated heterocycles. The smallest absolute Gasteiger partial charge is 0.165 e. The van der Waals surface area contributed by atoms with Crippen LogP contribution in [-0.4, -0.2) is 15.0 Å². The monoisotopic (exact) mass is 623 g/mol. The van der Waals surface area contributed by atoms with Crippen molar-refractivity contribution >= 4 is 77.0 Å². The molecule has 0 atom stereocenters. The van der Waals surface area contributed by atoms with Gasteiger partial charge in [-0.1, -0.05) is 115 Å². The Bertz CT molecular complexity index is 2880. The molecule has 0 amide bonds. The van der Waals surface area contributed by atoms with Crippen LogP contribution >= 0.6 is 11.6 Å². The summed E-state index contributed by atoms with van der Waals surface area (Å²) in [6.45, 7) is 0. The average molecular weight is 624 g/mol. The maximum Gasteiger partial charge on any atom is 0.165 e. The molecule has 220 valence electrons. The Kier molecular flexibility index (Phi) is 5.56. The highest BCUT2D eigenvalue weighted by molar-refractivity contribution is 6.34. The Morgan fingerprint density at radius 1 is 0.404 bits per heavy atom. The summed E-state index contributed by atoms with van der Waals surface area (Å²) in [4.78, 5) is 15.3. The summed E-state index contributed by atoms with van der Waals surface area (Å²) >= 11 is 7.10. The van der Waals surface area contributed by atoms with Crippen molar-refractivity contribution in [2.75, 3.05) is 0 Å². The van der Waals surface area contributed by atoms with Crippen molar-refractivity contribution in [3.05, 3.63) is 138 Å². The molecule has 0 aliphatic rings. The molecule has 47 heavy (non-hydrogen) atoms. The number of halogens is 1. The molecule has 0 bridgehead atoms. The number of aromatic nitrogens is 3. The van der Waals surface area contributed by atoms with Gasteiger partial charge in [-0.05, 0) is 46.5 Å². The summed E-state index contributed by atoms with van der Waals surface area (Å²) in [5.74, 6) is 1.54. The first kappa shape index (κ1) is 26.2. The van der Waals surface area contributed by atoms with Gasteiger partial charge in [-0.3, -0.25) is 0 Å². The molecule has 10 rings (SSSR count). The SMILES string of the molecule is Clc1cc2c(cc1-c1nc(-c3cccc4ccccc34)nc(-c3cccc4oc5ccccc5c34)n1)oc1c3ccccc3ccc21. The minimum Gasteiger partial charge on any atom is -0.456 e. The van der Waals surface area contributed by atoms with Crippen molar-refractivity contribution in [1.82, 2.24) is 15.0 Å². The minimum absolute atomic E-state index is 0.458. The fourth-order valence-corrected chi connectivity index (χ4v) is 7.06. The zero-order valence-electron chi connectivity index (χ0n) is 24.7. The molecule has 6 heteroatoms. The Labute approximate surface area is 272 Å². The zero-order chi connectivity index (χ0) is 31.1. The van der Waals surface area contributed by atoms with E-state index < -0.39 is 0 Å². The van der Waals surface area contributed by atoms with Crippen LogP contribution in [0.1, 0.15) is 0 Å². The van der Waals surface area contributed by atoms with Gasteiger partial charge in [-0.2, -0.15) is 0 Å². The second-order valence-electron chi connectivity index (χ2n) is 11.7. The van der Waals surface area contributed by atoms with Crippen LogP contribution in [0.4, 0.5) is 0 Å². The van der Waals surface area contributed by atoms with E-state index >= 15 is 0 Å². The molecule has 0 fully saturated rings. The summed E-state index contributed by atoms with van der Waals surface area (Å²) in [6, 6.07) is 44.8. The van der Waals surface area contributed by atoms with Gasteiger partial charge < -0.3 is 8.83 Å². The second kappa shape index (κ2) is 9.98. The number of benzene rings is 7. The van der Waals surface area contributed by atoms with E-state index in [0.29, 0.717) is 33.6 Å². The van der Waals surface area contributed by atoms with Crippen LogP contribution < -0.4 is 0 Å². The highest BCUT2D eigenvalue weighted by Crippen LogP contribution is 2.41. The number of hydrogen-bond acceptors (Lipinski definition) is 5. The molecular formula is C41H22ClN3O2. The van der Waals surface area contributed by atoms with Gasteiger partial charge in [-0.15, -0.1) is 0 Å². The Morgan fingerprint density at radius 2 is 1.02 bits per heavy atom. The van der Waals surface area contributed by atoms with Gasteiger partial charge in [0.15, 0.2) is 17.5 Å². The maximum absolute atomic E-state index is 7.10. The predicted molar refractivity (Wildman–Crippen MR) is 191 cm³/mol. The first-order valence-corrected chi connectivity index (χ1v) is 15.8. The molecule has 5 nitrogen and oxygen atoms in total. The lowest BCUT2D eigenvalue weighted by molar-refractivity contribution is 0.669. The molecule has 0 aliphatic heterocycles. The topological polar surface area (TPSA) is 65.0 Å². The van der Waals surface area contributed by atoms with Gasteiger partial charge in [-0.25, -0.2) is 15.0 Å². The van der Waals surface area contributed by atoms with Crippen molar-refractivity contribution in [2.24, 2.45) is 0 Å². The zero-order valence-corrected chi connectivity index (χ0v) is 25.5. The van der Waals surface area contributed by atoms with E-state index in [0.717, 1.165) is 71.0 Å². The summed E-state index contributed by atoms with van der Waals surface area (Å²) < 4.78 is 12.7. The first-order chi connectivity index (χ1) is 23.2. The normalized spacial score (nSPS) is 11.9. The number of fused-ring (bicyclic) bond motifs is 9. The third-order valence-corrected chi connectivity index (χ3v) is 9.31. The summed E-state index contributed by atoms with van der Waals surface area (Å²) in [6.07, 6.45) is 0. The molecule has 0 unspecified atom stereocenters. The quantitative estimate of drug-likeness (QED) is 0.196. The van der Waals surface area contributed by atoms with Crippen molar-refractivity contribution in [3.63, 3.8) is 0 Å². The number of para-hydroxylation sites is 1. The molecule has 0 spiro atoms. The fraction of sp³-hybridized carbons (Fsp3) is 0. The van der Waals surface area contributed by atoms with Crippen LogP contribution in [0.2, 0.25) is 5.02 Å². The van der Waals surface area contributed by atoms with Crippen molar-refractivity contribution in [2.45, 2.75) is 0 Å². The Balaban J connectivity index is 1.26. The van der Waals surface area contributed by atoms with E-state index in [2.05, 4.69) is 48.5 Å². The van der Waals surface area contributed by atoms with E-state index in [1.54, 1.807) is 0 Å². The van der Waals surface area contributed by atoms with E-state index in [1.165, 1.54) is 0 Å². The molecule has 3 aromatic heterocycles. The standard InChI is InChI=1S/C41H22ClN3O2/c42-33-21-31-27-20-19-24-10-2-4-13-26(24)38(27)47-36(31)22-32(33)41-44-39(28-15-7-11-23-9-1-3-12-25(23)28)43-40(45-41)30-16-8-18-35-37(30)29-14-5-6-17-34(29)46-35/h1-22H. The van der Waals surface area contributed by atoms with Crippen molar-refractivity contribution < 1.29 is 8.83 Å². The summed E-state index contributed by atoms with van der Waals surface area (Å²) in [5, 5.41) is 8.77. The average Bonchev–Trinajstić information content (AvgIpc) is 3.69. The van der Waals surface area contributed by atoms with Gasteiger partial charge in [0, 0.05) is 43.6 Å². The third kappa shape index (κ3) is 4.00. The maximum atomic E-state index is 7.10. The highest BCUT2D eigenvalue weighted by Gasteiger charge is 2.21. The molecule has 0 N–H and O–H groups in total. The van der Waals surface area contributed by atoms with E-state index in [9.17, 15) is 0 Å². The number of hydrogen-bond donors (Lipinski definition) is 0. The van der Waals surface area contributed by atoms with Crippen LogP contribution in [0.3, 0.4) is 0 Å². The van der Waals surface area contributed by atoms with Crippen LogP contribution in [-0.2, 0) is 0 Å². The first-order valence-electron chi connectivity index (χ1n) is 15.4.